The third kappa shape index (κ3) is 3.98. The highest BCUT2D eigenvalue weighted by Gasteiger charge is 2.49. The Morgan fingerprint density at radius 3 is 2.53 bits per heavy atom. The Labute approximate surface area is 109 Å². The lowest BCUT2D eigenvalue weighted by Gasteiger charge is -2.41. The average Bonchev–Trinajstić information content (AvgIpc) is 2.24. The summed E-state index contributed by atoms with van der Waals surface area (Å²) < 4.78 is 9.44. The molecule has 0 spiro atoms. The van der Waals surface area contributed by atoms with Crippen molar-refractivity contribution in [1.82, 2.24) is 10.4 Å². The maximum atomic E-state index is 11.5. The zero-order valence-electron chi connectivity index (χ0n) is 10.9. The highest BCUT2D eigenvalue weighted by atomic mass is 16.6. The molecule has 0 aliphatic carbocycles. The van der Waals surface area contributed by atoms with Crippen LogP contribution in [0.15, 0.2) is 0 Å². The molecule has 1 aliphatic rings. The van der Waals surface area contributed by atoms with Gasteiger partial charge in [-0.3, -0.25) is 10.0 Å². The SMILES string of the molecule is CC(C)(C)OC(=O)N[C@H]1C(=O)N(O)[C@@H]1COC(N)=O. The lowest BCUT2D eigenvalue weighted by molar-refractivity contribution is -0.214. The summed E-state index contributed by atoms with van der Waals surface area (Å²) in [6, 6.07) is -1.90. The third-order valence-electron chi connectivity index (χ3n) is 2.26. The molecule has 2 atom stereocenters. The fourth-order valence-electron chi connectivity index (χ4n) is 1.46. The van der Waals surface area contributed by atoms with Crippen LogP contribution in [0.5, 0.6) is 0 Å². The number of hydrogen-bond acceptors (Lipinski definition) is 6. The zero-order chi connectivity index (χ0) is 14.8. The van der Waals surface area contributed by atoms with Crippen LogP contribution in [0.3, 0.4) is 0 Å². The van der Waals surface area contributed by atoms with E-state index in [0.717, 1.165) is 0 Å². The number of rotatable bonds is 3. The Morgan fingerprint density at radius 1 is 1.47 bits per heavy atom. The summed E-state index contributed by atoms with van der Waals surface area (Å²) in [5.74, 6) is -0.719. The van der Waals surface area contributed by atoms with Crippen molar-refractivity contribution in [3.8, 4) is 0 Å². The van der Waals surface area contributed by atoms with Crippen molar-refractivity contribution in [3.63, 3.8) is 0 Å². The molecule has 0 radical (unpaired) electrons. The van der Waals surface area contributed by atoms with E-state index >= 15 is 0 Å². The van der Waals surface area contributed by atoms with Gasteiger partial charge in [-0.15, -0.1) is 0 Å². The molecule has 1 rings (SSSR count). The van der Waals surface area contributed by atoms with E-state index < -0.39 is 35.8 Å². The summed E-state index contributed by atoms with van der Waals surface area (Å²) in [5.41, 5.74) is 4.06. The molecule has 1 saturated heterocycles. The molecule has 1 aliphatic heterocycles. The second-order valence-electron chi connectivity index (χ2n) is 5.00. The van der Waals surface area contributed by atoms with Gasteiger partial charge in [0.25, 0.3) is 5.91 Å². The molecule has 0 unspecified atom stereocenters. The molecule has 1 fully saturated rings. The molecular formula is C10H17N3O6. The number of carbonyl (C=O) groups is 3. The van der Waals surface area contributed by atoms with Crippen LogP contribution in [0.4, 0.5) is 9.59 Å². The van der Waals surface area contributed by atoms with Crippen LogP contribution in [0.1, 0.15) is 20.8 Å². The minimum absolute atomic E-state index is 0.321. The lowest BCUT2D eigenvalue weighted by atomic mass is 9.99. The molecule has 19 heavy (non-hydrogen) atoms. The second kappa shape index (κ2) is 5.31. The monoisotopic (exact) mass is 275 g/mol. The third-order valence-corrected chi connectivity index (χ3v) is 2.26. The van der Waals surface area contributed by atoms with Crippen LogP contribution in [0.2, 0.25) is 0 Å². The largest absolute Gasteiger partial charge is 0.447 e. The summed E-state index contributed by atoms with van der Waals surface area (Å²) in [4.78, 5) is 33.3. The fourth-order valence-corrected chi connectivity index (χ4v) is 1.46. The van der Waals surface area contributed by atoms with Crippen molar-refractivity contribution < 1.29 is 29.1 Å². The Hall–Kier alpha value is -2.03. The van der Waals surface area contributed by atoms with E-state index in [1.807, 2.05) is 0 Å². The van der Waals surface area contributed by atoms with Gasteiger partial charge in [0, 0.05) is 0 Å². The van der Waals surface area contributed by atoms with E-state index in [1.54, 1.807) is 20.8 Å². The van der Waals surface area contributed by atoms with E-state index in [9.17, 15) is 19.6 Å². The second-order valence-corrected chi connectivity index (χ2v) is 5.00. The van der Waals surface area contributed by atoms with E-state index in [2.05, 4.69) is 10.1 Å². The Bertz CT molecular complexity index is 391. The standard InChI is InChI=1S/C10H17N3O6/c1-10(2,3)19-9(16)12-6-5(4-18-8(11)15)13(17)7(6)14/h5-6,17H,4H2,1-3H3,(H2,11,15)(H,12,16)/t5-,6-/m1/s1. The first-order valence-electron chi connectivity index (χ1n) is 5.55. The molecule has 0 aromatic rings. The van der Waals surface area contributed by atoms with E-state index in [1.165, 1.54) is 0 Å². The predicted molar refractivity (Wildman–Crippen MR) is 61.1 cm³/mol. The minimum Gasteiger partial charge on any atom is -0.447 e. The highest BCUT2D eigenvalue weighted by Crippen LogP contribution is 2.18. The maximum Gasteiger partial charge on any atom is 0.408 e. The van der Waals surface area contributed by atoms with Gasteiger partial charge in [0.2, 0.25) is 0 Å². The number of primary amides is 1. The van der Waals surface area contributed by atoms with Gasteiger partial charge in [0.15, 0.2) is 0 Å². The van der Waals surface area contributed by atoms with Crippen molar-refractivity contribution in [2.45, 2.75) is 38.5 Å². The number of nitrogens with zero attached hydrogens (tertiary/aromatic N) is 1. The molecule has 108 valence electrons. The van der Waals surface area contributed by atoms with E-state index in [0.29, 0.717) is 5.06 Å². The summed E-state index contributed by atoms with van der Waals surface area (Å²) in [5, 5.41) is 11.9. The molecule has 0 saturated carbocycles. The molecule has 0 aromatic carbocycles. The summed E-state index contributed by atoms with van der Waals surface area (Å²) in [7, 11) is 0. The number of carbonyl (C=O) groups excluding carboxylic acids is 3. The number of β-lactam (4-membered cyclic amide) rings is 1. The minimum atomic E-state index is -1.04. The molecule has 3 amide bonds. The first kappa shape index (κ1) is 15.0. The molecule has 9 heteroatoms. The number of hydrogen-bond donors (Lipinski definition) is 3. The Balaban J connectivity index is 2.53. The van der Waals surface area contributed by atoms with Gasteiger partial charge in [-0.05, 0) is 20.8 Å². The number of ether oxygens (including phenoxy) is 2. The van der Waals surface area contributed by atoms with Gasteiger partial charge in [0.1, 0.15) is 24.3 Å². The van der Waals surface area contributed by atoms with Crippen molar-refractivity contribution in [3.05, 3.63) is 0 Å². The fraction of sp³-hybridized carbons (Fsp3) is 0.700. The van der Waals surface area contributed by atoms with Gasteiger partial charge in [-0.25, -0.2) is 14.7 Å². The van der Waals surface area contributed by atoms with Crippen molar-refractivity contribution in [2.75, 3.05) is 6.61 Å². The number of amides is 3. The normalized spacial score (nSPS) is 22.5. The Morgan fingerprint density at radius 2 is 2.05 bits per heavy atom. The topological polar surface area (TPSA) is 131 Å². The number of nitrogens with two attached hydrogens (primary N) is 1. The van der Waals surface area contributed by atoms with E-state index in [-0.39, 0.29) is 6.61 Å². The van der Waals surface area contributed by atoms with Crippen LogP contribution >= 0.6 is 0 Å². The zero-order valence-corrected chi connectivity index (χ0v) is 10.9. The van der Waals surface area contributed by atoms with Crippen LogP contribution in [-0.4, -0.2) is 52.7 Å². The summed E-state index contributed by atoms with van der Waals surface area (Å²) in [6.45, 7) is 4.68. The van der Waals surface area contributed by atoms with Gasteiger partial charge in [-0.1, -0.05) is 0 Å². The van der Waals surface area contributed by atoms with Crippen LogP contribution < -0.4 is 11.1 Å². The first-order valence-corrected chi connectivity index (χ1v) is 5.55. The molecule has 0 bridgehead atoms. The average molecular weight is 275 g/mol. The van der Waals surface area contributed by atoms with Gasteiger partial charge < -0.3 is 20.5 Å². The summed E-state index contributed by atoms with van der Waals surface area (Å²) >= 11 is 0. The number of hydroxylamine groups is 2. The molecule has 4 N–H and O–H groups in total. The number of alkyl carbamates (subject to hydrolysis) is 1. The highest BCUT2D eigenvalue weighted by molar-refractivity contribution is 5.91. The molecule has 9 nitrogen and oxygen atoms in total. The maximum absolute atomic E-state index is 11.5. The first-order chi connectivity index (χ1) is 8.61. The van der Waals surface area contributed by atoms with Crippen LogP contribution in [-0.2, 0) is 14.3 Å². The van der Waals surface area contributed by atoms with Gasteiger partial charge in [0.05, 0.1) is 0 Å². The van der Waals surface area contributed by atoms with Gasteiger partial charge in [-0.2, -0.15) is 0 Å². The summed E-state index contributed by atoms with van der Waals surface area (Å²) in [6.07, 6.45) is -1.84. The van der Waals surface area contributed by atoms with Crippen LogP contribution in [0.25, 0.3) is 0 Å². The number of nitrogens with one attached hydrogen (secondary N) is 1. The van der Waals surface area contributed by atoms with Crippen molar-refractivity contribution in [2.24, 2.45) is 5.73 Å². The quantitative estimate of drug-likeness (QED) is 0.473. The van der Waals surface area contributed by atoms with E-state index in [4.69, 9.17) is 10.5 Å². The molecular weight excluding hydrogens is 258 g/mol. The molecule has 0 aromatic heterocycles. The Kier molecular flexibility index (Phi) is 4.20. The van der Waals surface area contributed by atoms with Crippen LogP contribution in [0, 0.1) is 0 Å². The van der Waals surface area contributed by atoms with Crippen molar-refractivity contribution >= 4 is 18.1 Å². The van der Waals surface area contributed by atoms with Crippen molar-refractivity contribution in [1.29, 1.82) is 0 Å². The molecule has 1 heterocycles. The lowest BCUT2D eigenvalue weighted by Crippen LogP contribution is -2.71. The smallest absolute Gasteiger partial charge is 0.408 e. The predicted octanol–water partition coefficient (Wildman–Crippen LogP) is -0.425. The van der Waals surface area contributed by atoms with Gasteiger partial charge >= 0.3 is 12.2 Å².